The summed E-state index contributed by atoms with van der Waals surface area (Å²) in [5.74, 6) is 0.749. The Morgan fingerprint density at radius 1 is 1.41 bits per heavy atom. The van der Waals surface area contributed by atoms with Crippen LogP contribution in [0, 0.1) is 6.92 Å². The lowest BCUT2D eigenvalue weighted by Gasteiger charge is -2.13. The Kier molecular flexibility index (Phi) is 3.44. The zero-order valence-electron chi connectivity index (χ0n) is 10.00. The van der Waals surface area contributed by atoms with Gasteiger partial charge in [-0.25, -0.2) is 0 Å². The lowest BCUT2D eigenvalue weighted by atomic mass is 10.1. The van der Waals surface area contributed by atoms with E-state index in [1.165, 1.54) is 0 Å². The van der Waals surface area contributed by atoms with Crippen molar-refractivity contribution in [2.45, 2.75) is 19.6 Å². The predicted molar refractivity (Wildman–Crippen MR) is 64.9 cm³/mol. The molecule has 0 aliphatic heterocycles. The normalized spacial score (nSPS) is 12.4. The molecule has 2 rings (SSSR count). The second-order valence-corrected chi connectivity index (χ2v) is 3.95. The number of aryl methyl sites for hydroxylation is 1. The number of ether oxygens (including phenoxy) is 1. The van der Waals surface area contributed by atoms with Gasteiger partial charge in [-0.2, -0.15) is 5.10 Å². The van der Waals surface area contributed by atoms with Crippen LogP contribution in [0.4, 0.5) is 0 Å². The third-order valence-electron chi connectivity index (χ3n) is 2.75. The topological polar surface area (TPSA) is 47.3 Å². The first kappa shape index (κ1) is 11.7. The molecule has 0 fully saturated rings. The molecule has 0 amide bonds. The Hall–Kier alpha value is -1.81. The van der Waals surface area contributed by atoms with E-state index in [1.807, 2.05) is 37.3 Å². The van der Waals surface area contributed by atoms with Crippen LogP contribution >= 0.6 is 0 Å². The van der Waals surface area contributed by atoms with E-state index >= 15 is 0 Å². The summed E-state index contributed by atoms with van der Waals surface area (Å²) in [5, 5.41) is 14.3. The van der Waals surface area contributed by atoms with Gasteiger partial charge in [0.2, 0.25) is 0 Å². The van der Waals surface area contributed by atoms with Gasteiger partial charge >= 0.3 is 0 Å². The van der Waals surface area contributed by atoms with E-state index in [9.17, 15) is 5.11 Å². The van der Waals surface area contributed by atoms with Gasteiger partial charge in [-0.15, -0.1) is 0 Å². The fourth-order valence-corrected chi connectivity index (χ4v) is 1.71. The van der Waals surface area contributed by atoms with Crippen molar-refractivity contribution in [3.05, 3.63) is 47.8 Å². The molecule has 1 unspecified atom stereocenters. The molecule has 1 atom stereocenters. The molecule has 0 aliphatic carbocycles. The molecule has 0 bridgehead atoms. The van der Waals surface area contributed by atoms with E-state index in [2.05, 4.69) is 5.10 Å². The summed E-state index contributed by atoms with van der Waals surface area (Å²) in [5.41, 5.74) is 1.87. The number of hydrogen-bond donors (Lipinski definition) is 1. The van der Waals surface area contributed by atoms with E-state index in [4.69, 9.17) is 4.74 Å². The fraction of sp³-hybridized carbons (Fsp3) is 0.308. The minimum atomic E-state index is -0.580. The van der Waals surface area contributed by atoms with Crippen LogP contribution in [0.15, 0.2) is 36.5 Å². The van der Waals surface area contributed by atoms with Gasteiger partial charge < -0.3 is 9.84 Å². The molecule has 1 heterocycles. The summed E-state index contributed by atoms with van der Waals surface area (Å²) in [6, 6.07) is 9.36. The Balaban J connectivity index is 2.14. The molecule has 90 valence electrons. The van der Waals surface area contributed by atoms with Crippen LogP contribution in [0.5, 0.6) is 5.75 Å². The van der Waals surface area contributed by atoms with Gasteiger partial charge in [-0.3, -0.25) is 4.68 Å². The average Bonchev–Trinajstić information content (AvgIpc) is 2.75. The maximum absolute atomic E-state index is 10.1. The number of aromatic nitrogens is 2. The third-order valence-corrected chi connectivity index (χ3v) is 2.75. The first-order valence-electron chi connectivity index (χ1n) is 5.51. The molecule has 4 nitrogen and oxygen atoms in total. The van der Waals surface area contributed by atoms with Crippen LogP contribution < -0.4 is 4.74 Å². The number of rotatable bonds is 4. The molecule has 1 aromatic carbocycles. The molecule has 17 heavy (non-hydrogen) atoms. The van der Waals surface area contributed by atoms with Gasteiger partial charge in [-0.05, 0) is 30.7 Å². The SMILES string of the molecule is COc1cccc(C(O)Cn2nccc2C)c1. The van der Waals surface area contributed by atoms with E-state index < -0.39 is 6.10 Å². The van der Waals surface area contributed by atoms with Crippen molar-refractivity contribution in [2.75, 3.05) is 7.11 Å². The van der Waals surface area contributed by atoms with Crippen LogP contribution in [0.2, 0.25) is 0 Å². The molecule has 0 aliphatic rings. The summed E-state index contributed by atoms with van der Waals surface area (Å²) in [4.78, 5) is 0. The second-order valence-electron chi connectivity index (χ2n) is 3.95. The summed E-state index contributed by atoms with van der Waals surface area (Å²) in [6.07, 6.45) is 1.15. The summed E-state index contributed by atoms with van der Waals surface area (Å²) < 4.78 is 6.91. The van der Waals surface area contributed by atoms with E-state index in [0.717, 1.165) is 17.0 Å². The molecule has 4 heteroatoms. The summed E-state index contributed by atoms with van der Waals surface area (Å²) in [7, 11) is 1.61. The van der Waals surface area contributed by atoms with E-state index in [-0.39, 0.29) is 0 Å². The number of nitrogens with zero attached hydrogens (tertiary/aromatic N) is 2. The van der Waals surface area contributed by atoms with Gasteiger partial charge in [0.05, 0.1) is 19.8 Å². The van der Waals surface area contributed by atoms with Gasteiger partial charge in [0, 0.05) is 11.9 Å². The minimum Gasteiger partial charge on any atom is -0.497 e. The van der Waals surface area contributed by atoms with E-state index in [0.29, 0.717) is 6.54 Å². The standard InChI is InChI=1S/C13H16N2O2/c1-10-6-7-14-15(10)9-13(16)11-4-3-5-12(8-11)17-2/h3-8,13,16H,9H2,1-2H3. The van der Waals surface area contributed by atoms with Gasteiger partial charge in [0.1, 0.15) is 5.75 Å². The average molecular weight is 232 g/mol. The second kappa shape index (κ2) is 5.01. The largest absolute Gasteiger partial charge is 0.497 e. The predicted octanol–water partition coefficient (Wildman–Crippen LogP) is 1.93. The highest BCUT2D eigenvalue weighted by atomic mass is 16.5. The molecular weight excluding hydrogens is 216 g/mol. The van der Waals surface area contributed by atoms with Gasteiger partial charge in [0.25, 0.3) is 0 Å². The molecule has 1 aromatic heterocycles. The van der Waals surface area contributed by atoms with Crippen LogP contribution in [0.1, 0.15) is 17.4 Å². The van der Waals surface area contributed by atoms with Crippen molar-refractivity contribution in [1.82, 2.24) is 9.78 Å². The minimum absolute atomic E-state index is 0.450. The highest BCUT2D eigenvalue weighted by molar-refractivity contribution is 5.29. The Bertz CT molecular complexity index is 494. The summed E-state index contributed by atoms with van der Waals surface area (Å²) in [6.45, 7) is 2.41. The monoisotopic (exact) mass is 232 g/mol. The summed E-state index contributed by atoms with van der Waals surface area (Å²) >= 11 is 0. The first-order valence-corrected chi connectivity index (χ1v) is 5.51. The molecule has 1 N–H and O–H groups in total. The van der Waals surface area contributed by atoms with Crippen molar-refractivity contribution < 1.29 is 9.84 Å². The lowest BCUT2D eigenvalue weighted by Crippen LogP contribution is -2.11. The highest BCUT2D eigenvalue weighted by Gasteiger charge is 2.10. The zero-order valence-corrected chi connectivity index (χ0v) is 10.00. The number of benzene rings is 1. The fourth-order valence-electron chi connectivity index (χ4n) is 1.71. The van der Waals surface area contributed by atoms with Crippen molar-refractivity contribution in [3.63, 3.8) is 0 Å². The van der Waals surface area contributed by atoms with Crippen molar-refractivity contribution in [1.29, 1.82) is 0 Å². The van der Waals surface area contributed by atoms with Gasteiger partial charge in [0.15, 0.2) is 0 Å². The molecule has 0 spiro atoms. The third kappa shape index (κ3) is 2.65. The van der Waals surface area contributed by atoms with Crippen molar-refractivity contribution in [2.24, 2.45) is 0 Å². The van der Waals surface area contributed by atoms with Crippen LogP contribution in [-0.4, -0.2) is 22.0 Å². The quantitative estimate of drug-likeness (QED) is 0.876. The Morgan fingerprint density at radius 2 is 2.24 bits per heavy atom. The van der Waals surface area contributed by atoms with E-state index in [1.54, 1.807) is 18.0 Å². The first-order chi connectivity index (χ1) is 8.20. The maximum atomic E-state index is 10.1. The van der Waals surface area contributed by atoms with Crippen molar-refractivity contribution >= 4 is 0 Å². The lowest BCUT2D eigenvalue weighted by molar-refractivity contribution is 0.150. The molecule has 0 saturated carbocycles. The van der Waals surface area contributed by atoms with Gasteiger partial charge in [-0.1, -0.05) is 12.1 Å². The number of aliphatic hydroxyl groups excluding tert-OH is 1. The van der Waals surface area contributed by atoms with Crippen molar-refractivity contribution in [3.8, 4) is 5.75 Å². The number of hydrogen-bond acceptors (Lipinski definition) is 3. The van der Waals surface area contributed by atoms with Crippen LogP contribution in [0.3, 0.4) is 0 Å². The molecule has 2 aromatic rings. The number of aliphatic hydroxyl groups is 1. The molecule has 0 radical (unpaired) electrons. The Labute approximate surface area is 100 Å². The number of methoxy groups -OCH3 is 1. The maximum Gasteiger partial charge on any atom is 0.119 e. The smallest absolute Gasteiger partial charge is 0.119 e. The Morgan fingerprint density at radius 3 is 2.88 bits per heavy atom. The van der Waals surface area contributed by atoms with Crippen LogP contribution in [-0.2, 0) is 6.54 Å². The van der Waals surface area contributed by atoms with Crippen LogP contribution in [0.25, 0.3) is 0 Å². The molecular formula is C13H16N2O2. The zero-order chi connectivity index (χ0) is 12.3. The highest BCUT2D eigenvalue weighted by Crippen LogP contribution is 2.20. The molecule has 0 saturated heterocycles.